The first-order chi connectivity index (χ1) is 11.6. The third kappa shape index (κ3) is 4.01. The van der Waals surface area contributed by atoms with Gasteiger partial charge in [-0.05, 0) is 30.4 Å². The van der Waals surface area contributed by atoms with Crippen LogP contribution in [-0.2, 0) is 4.74 Å². The third-order valence-corrected chi connectivity index (χ3v) is 4.97. The topological polar surface area (TPSA) is 44.8 Å². The number of urea groups is 1. The number of carbonyl (C=O) groups excluding carboxylic acids is 1. The molecule has 1 unspecified atom stereocenters. The molecule has 0 saturated carbocycles. The van der Waals surface area contributed by atoms with Crippen LogP contribution >= 0.6 is 0 Å². The van der Waals surface area contributed by atoms with Crippen molar-refractivity contribution in [3.05, 3.63) is 29.8 Å². The molecular formula is C19H29N3O2. The second kappa shape index (κ2) is 7.88. The molecule has 0 spiro atoms. The van der Waals surface area contributed by atoms with Crippen LogP contribution < -0.4 is 10.2 Å². The number of piperazine rings is 1. The predicted octanol–water partition coefficient (Wildman–Crippen LogP) is 2.82. The van der Waals surface area contributed by atoms with Gasteiger partial charge in [0, 0.05) is 45.0 Å². The fourth-order valence-corrected chi connectivity index (χ4v) is 3.53. The number of para-hydroxylation sites is 1. The Kier molecular flexibility index (Phi) is 5.61. The van der Waals surface area contributed by atoms with E-state index in [-0.39, 0.29) is 12.1 Å². The van der Waals surface area contributed by atoms with Gasteiger partial charge in [-0.25, -0.2) is 4.79 Å². The quantitative estimate of drug-likeness (QED) is 0.923. The summed E-state index contributed by atoms with van der Waals surface area (Å²) in [5, 5.41) is 3.02. The summed E-state index contributed by atoms with van der Waals surface area (Å²) in [6.45, 7) is 9.23. The van der Waals surface area contributed by atoms with Crippen LogP contribution in [0.4, 0.5) is 10.5 Å². The van der Waals surface area contributed by atoms with Crippen molar-refractivity contribution >= 4 is 11.7 Å². The first-order valence-corrected chi connectivity index (χ1v) is 9.13. The molecule has 2 aliphatic heterocycles. The number of hydrogen-bond donors (Lipinski definition) is 1. The maximum atomic E-state index is 12.3. The zero-order valence-corrected chi connectivity index (χ0v) is 14.8. The Morgan fingerprint density at radius 2 is 2.00 bits per heavy atom. The Labute approximate surface area is 145 Å². The van der Waals surface area contributed by atoms with Crippen LogP contribution in [-0.4, -0.2) is 56.4 Å². The van der Waals surface area contributed by atoms with Crippen LogP contribution in [0.1, 0.15) is 38.2 Å². The van der Waals surface area contributed by atoms with E-state index in [1.54, 1.807) is 0 Å². The van der Waals surface area contributed by atoms with Crippen molar-refractivity contribution in [3.8, 4) is 0 Å². The van der Waals surface area contributed by atoms with Crippen molar-refractivity contribution < 1.29 is 9.53 Å². The normalized spacial score (nSPS) is 21.4. The van der Waals surface area contributed by atoms with Crippen molar-refractivity contribution in [3.63, 3.8) is 0 Å². The molecule has 24 heavy (non-hydrogen) atoms. The number of hydrogen-bond acceptors (Lipinski definition) is 3. The van der Waals surface area contributed by atoms with Crippen molar-refractivity contribution in [2.45, 2.75) is 38.7 Å². The first kappa shape index (κ1) is 17.1. The molecule has 1 atom stereocenters. The zero-order valence-electron chi connectivity index (χ0n) is 14.8. The van der Waals surface area contributed by atoms with E-state index in [9.17, 15) is 4.79 Å². The van der Waals surface area contributed by atoms with Crippen LogP contribution in [0, 0.1) is 0 Å². The van der Waals surface area contributed by atoms with Crippen molar-refractivity contribution in [1.82, 2.24) is 10.2 Å². The molecule has 2 saturated heterocycles. The molecule has 1 aromatic carbocycles. The zero-order chi connectivity index (χ0) is 16.9. The summed E-state index contributed by atoms with van der Waals surface area (Å²) in [5.41, 5.74) is 2.70. The SMILES string of the molecule is CC(C)c1ccccc1N1CCN(C(=O)NCC2CCCO2)CC1. The summed E-state index contributed by atoms with van der Waals surface area (Å²) in [4.78, 5) is 16.6. The van der Waals surface area contributed by atoms with Crippen LogP contribution in [0.15, 0.2) is 24.3 Å². The van der Waals surface area contributed by atoms with Gasteiger partial charge in [0.25, 0.3) is 0 Å². The van der Waals surface area contributed by atoms with Gasteiger partial charge in [-0.2, -0.15) is 0 Å². The van der Waals surface area contributed by atoms with Crippen LogP contribution in [0.5, 0.6) is 0 Å². The third-order valence-electron chi connectivity index (χ3n) is 4.97. The number of anilines is 1. The first-order valence-electron chi connectivity index (χ1n) is 9.13. The van der Waals surface area contributed by atoms with E-state index in [0.29, 0.717) is 12.5 Å². The van der Waals surface area contributed by atoms with Gasteiger partial charge in [-0.15, -0.1) is 0 Å². The smallest absolute Gasteiger partial charge is 0.317 e. The van der Waals surface area contributed by atoms with Crippen LogP contribution in [0.25, 0.3) is 0 Å². The standard InChI is InChI=1S/C19H29N3O2/c1-15(2)17-7-3-4-8-18(17)21-9-11-22(12-10-21)19(23)20-14-16-6-5-13-24-16/h3-4,7-8,15-16H,5-6,9-14H2,1-2H3,(H,20,23). The number of carbonyl (C=O) groups is 1. The van der Waals surface area contributed by atoms with Gasteiger partial charge < -0.3 is 19.9 Å². The molecule has 0 aromatic heterocycles. The molecule has 2 heterocycles. The Bertz CT molecular complexity index is 547. The molecule has 0 bridgehead atoms. The van der Waals surface area contributed by atoms with Gasteiger partial charge in [0.05, 0.1) is 6.10 Å². The molecule has 1 aromatic rings. The predicted molar refractivity (Wildman–Crippen MR) is 96.7 cm³/mol. The molecule has 2 amide bonds. The van der Waals surface area contributed by atoms with Gasteiger partial charge >= 0.3 is 6.03 Å². The van der Waals surface area contributed by atoms with Crippen molar-refractivity contribution in [2.75, 3.05) is 44.2 Å². The van der Waals surface area contributed by atoms with Gasteiger partial charge in [0.1, 0.15) is 0 Å². The summed E-state index contributed by atoms with van der Waals surface area (Å²) in [6.07, 6.45) is 2.36. The number of benzene rings is 1. The molecule has 5 nitrogen and oxygen atoms in total. The van der Waals surface area contributed by atoms with Gasteiger partial charge in [-0.1, -0.05) is 32.0 Å². The highest BCUT2D eigenvalue weighted by Crippen LogP contribution is 2.28. The summed E-state index contributed by atoms with van der Waals surface area (Å²) >= 11 is 0. The van der Waals surface area contributed by atoms with E-state index in [4.69, 9.17) is 4.74 Å². The van der Waals surface area contributed by atoms with E-state index in [1.807, 2.05) is 4.90 Å². The monoisotopic (exact) mass is 331 g/mol. The largest absolute Gasteiger partial charge is 0.376 e. The van der Waals surface area contributed by atoms with Crippen molar-refractivity contribution in [2.24, 2.45) is 0 Å². The minimum Gasteiger partial charge on any atom is -0.376 e. The highest BCUT2D eigenvalue weighted by Gasteiger charge is 2.24. The fourth-order valence-electron chi connectivity index (χ4n) is 3.53. The van der Waals surface area contributed by atoms with E-state index in [1.165, 1.54) is 11.3 Å². The Hall–Kier alpha value is -1.75. The average Bonchev–Trinajstić information content (AvgIpc) is 3.13. The highest BCUT2D eigenvalue weighted by molar-refractivity contribution is 5.74. The van der Waals surface area contributed by atoms with Gasteiger partial charge in [-0.3, -0.25) is 0 Å². The summed E-state index contributed by atoms with van der Waals surface area (Å²) in [7, 11) is 0. The molecule has 5 heteroatoms. The van der Waals surface area contributed by atoms with Crippen molar-refractivity contribution in [1.29, 1.82) is 0 Å². The molecular weight excluding hydrogens is 302 g/mol. The Morgan fingerprint density at radius 3 is 2.67 bits per heavy atom. The summed E-state index contributed by atoms with van der Waals surface area (Å²) in [5.74, 6) is 0.508. The molecule has 0 aliphatic carbocycles. The summed E-state index contributed by atoms with van der Waals surface area (Å²) in [6, 6.07) is 8.65. The molecule has 1 N–H and O–H groups in total. The fraction of sp³-hybridized carbons (Fsp3) is 0.632. The van der Waals surface area contributed by atoms with E-state index in [0.717, 1.165) is 45.6 Å². The lowest BCUT2D eigenvalue weighted by molar-refractivity contribution is 0.108. The molecule has 2 fully saturated rings. The minimum absolute atomic E-state index is 0.0438. The number of nitrogens with one attached hydrogen (secondary N) is 1. The lowest BCUT2D eigenvalue weighted by Gasteiger charge is -2.37. The highest BCUT2D eigenvalue weighted by atomic mass is 16.5. The maximum absolute atomic E-state index is 12.3. The van der Waals surface area contributed by atoms with E-state index >= 15 is 0 Å². The van der Waals surface area contributed by atoms with E-state index in [2.05, 4.69) is 48.3 Å². The number of ether oxygens (including phenoxy) is 1. The van der Waals surface area contributed by atoms with Crippen LogP contribution in [0.2, 0.25) is 0 Å². The van der Waals surface area contributed by atoms with Crippen LogP contribution in [0.3, 0.4) is 0 Å². The Balaban J connectivity index is 1.51. The lowest BCUT2D eigenvalue weighted by Crippen LogP contribution is -2.52. The average molecular weight is 331 g/mol. The molecule has 3 rings (SSSR count). The molecule has 132 valence electrons. The number of rotatable bonds is 4. The lowest BCUT2D eigenvalue weighted by atomic mass is 10.00. The number of nitrogens with zero attached hydrogens (tertiary/aromatic N) is 2. The number of amides is 2. The Morgan fingerprint density at radius 1 is 1.25 bits per heavy atom. The molecule has 2 aliphatic rings. The second-order valence-corrected chi connectivity index (χ2v) is 7.01. The maximum Gasteiger partial charge on any atom is 0.317 e. The minimum atomic E-state index is 0.0438. The second-order valence-electron chi connectivity index (χ2n) is 7.01. The van der Waals surface area contributed by atoms with Gasteiger partial charge in [0.2, 0.25) is 0 Å². The van der Waals surface area contributed by atoms with E-state index < -0.39 is 0 Å². The summed E-state index contributed by atoms with van der Waals surface area (Å²) < 4.78 is 5.56. The van der Waals surface area contributed by atoms with Gasteiger partial charge in [0.15, 0.2) is 0 Å². The molecule has 0 radical (unpaired) electrons.